The van der Waals surface area contributed by atoms with Gasteiger partial charge in [0, 0.05) is 32.4 Å². The molecular weight excluding hydrogens is 324 g/mol. The van der Waals surface area contributed by atoms with Crippen LogP contribution in [-0.2, 0) is 17.1 Å². The number of halogens is 1. The van der Waals surface area contributed by atoms with Gasteiger partial charge >= 0.3 is 0 Å². The molecule has 0 amide bonds. The topological polar surface area (TPSA) is 67.2 Å². The van der Waals surface area contributed by atoms with Gasteiger partial charge in [0.15, 0.2) is 5.03 Å². The number of hydrogen-bond donors (Lipinski definition) is 1. The standard InChI is InChI=1S/C14H24N4O2S.ClH/c1-11-16-14(10-17(11)2)21(19,20)18-8-5-12(6-9-18)13-4-3-7-15-13;/h10,12-13,15H,3-9H2,1-2H3;1H. The Morgan fingerprint density at radius 3 is 2.45 bits per heavy atom. The van der Waals surface area contributed by atoms with Crippen LogP contribution >= 0.6 is 12.4 Å². The maximum absolute atomic E-state index is 12.6. The van der Waals surface area contributed by atoms with Crippen molar-refractivity contribution < 1.29 is 8.42 Å². The summed E-state index contributed by atoms with van der Waals surface area (Å²) in [5, 5.41) is 3.72. The van der Waals surface area contributed by atoms with Gasteiger partial charge in [0.1, 0.15) is 5.82 Å². The average molecular weight is 349 g/mol. The van der Waals surface area contributed by atoms with Gasteiger partial charge in [0.25, 0.3) is 10.0 Å². The van der Waals surface area contributed by atoms with Gasteiger partial charge in [-0.1, -0.05) is 0 Å². The lowest BCUT2D eigenvalue weighted by Crippen LogP contribution is -2.43. The van der Waals surface area contributed by atoms with Gasteiger partial charge in [-0.3, -0.25) is 0 Å². The number of nitrogens with zero attached hydrogens (tertiary/aromatic N) is 3. The number of aromatic nitrogens is 2. The van der Waals surface area contributed by atoms with Gasteiger partial charge in [-0.05, 0) is 45.1 Å². The van der Waals surface area contributed by atoms with Crippen molar-refractivity contribution in [3.05, 3.63) is 12.0 Å². The van der Waals surface area contributed by atoms with Crippen LogP contribution in [0.2, 0.25) is 0 Å². The first-order valence-corrected chi connectivity index (χ1v) is 9.16. The molecule has 126 valence electrons. The Hall–Kier alpha value is -0.630. The van der Waals surface area contributed by atoms with Gasteiger partial charge in [-0.15, -0.1) is 12.4 Å². The van der Waals surface area contributed by atoms with Crippen LogP contribution in [0.25, 0.3) is 0 Å². The van der Waals surface area contributed by atoms with Gasteiger partial charge in [0.2, 0.25) is 0 Å². The minimum atomic E-state index is -3.43. The molecule has 3 heterocycles. The van der Waals surface area contributed by atoms with Crippen LogP contribution in [0.15, 0.2) is 11.2 Å². The second-order valence-electron chi connectivity index (χ2n) is 6.18. The molecular formula is C14H25ClN4O2S. The van der Waals surface area contributed by atoms with Crippen molar-refractivity contribution in [3.8, 4) is 0 Å². The third kappa shape index (κ3) is 3.32. The number of hydrogen-bond acceptors (Lipinski definition) is 4. The molecule has 1 N–H and O–H groups in total. The number of sulfonamides is 1. The predicted molar refractivity (Wildman–Crippen MR) is 87.7 cm³/mol. The van der Waals surface area contributed by atoms with Crippen molar-refractivity contribution in [2.45, 2.75) is 43.7 Å². The fourth-order valence-corrected chi connectivity index (χ4v) is 4.91. The molecule has 1 aromatic heterocycles. The summed E-state index contributed by atoms with van der Waals surface area (Å²) in [5.41, 5.74) is 0. The highest BCUT2D eigenvalue weighted by Gasteiger charge is 2.34. The number of rotatable bonds is 3. The van der Waals surface area contributed by atoms with Crippen LogP contribution in [-0.4, -0.2) is 48.0 Å². The zero-order chi connectivity index (χ0) is 15.0. The molecule has 0 spiro atoms. The van der Waals surface area contributed by atoms with Crippen molar-refractivity contribution in [1.82, 2.24) is 19.2 Å². The summed E-state index contributed by atoms with van der Waals surface area (Å²) in [4.78, 5) is 4.17. The first kappa shape index (κ1) is 17.7. The van der Waals surface area contributed by atoms with Crippen LogP contribution < -0.4 is 5.32 Å². The first-order valence-electron chi connectivity index (χ1n) is 7.72. The molecule has 22 heavy (non-hydrogen) atoms. The fraction of sp³-hybridized carbons (Fsp3) is 0.786. The van der Waals surface area contributed by atoms with E-state index in [1.807, 2.05) is 14.0 Å². The van der Waals surface area contributed by atoms with E-state index in [4.69, 9.17) is 0 Å². The van der Waals surface area contributed by atoms with E-state index in [0.29, 0.717) is 25.0 Å². The molecule has 2 fully saturated rings. The zero-order valence-corrected chi connectivity index (χ0v) is 14.8. The smallest absolute Gasteiger partial charge is 0.262 e. The maximum Gasteiger partial charge on any atom is 0.262 e. The summed E-state index contributed by atoms with van der Waals surface area (Å²) in [7, 11) is -1.61. The predicted octanol–water partition coefficient (Wildman–Crippen LogP) is 1.30. The van der Waals surface area contributed by atoms with Gasteiger partial charge in [-0.2, -0.15) is 4.31 Å². The summed E-state index contributed by atoms with van der Waals surface area (Å²) in [6, 6.07) is 0.590. The van der Waals surface area contributed by atoms with Crippen molar-refractivity contribution in [2.24, 2.45) is 13.0 Å². The third-order valence-electron chi connectivity index (χ3n) is 4.86. The Kier molecular flexibility index (Phi) is 5.53. The zero-order valence-electron chi connectivity index (χ0n) is 13.2. The summed E-state index contributed by atoms with van der Waals surface area (Å²) in [6.45, 7) is 4.15. The van der Waals surface area contributed by atoms with Gasteiger partial charge in [-0.25, -0.2) is 13.4 Å². The Morgan fingerprint density at radius 2 is 1.95 bits per heavy atom. The average Bonchev–Trinajstić information content (AvgIpc) is 3.10. The molecule has 0 aliphatic carbocycles. The number of imidazole rings is 1. The highest BCUT2D eigenvalue weighted by Crippen LogP contribution is 2.28. The number of aryl methyl sites for hydroxylation is 2. The van der Waals surface area contributed by atoms with E-state index in [0.717, 1.165) is 25.2 Å². The van der Waals surface area contributed by atoms with Crippen LogP contribution in [0.4, 0.5) is 0 Å². The highest BCUT2D eigenvalue weighted by atomic mass is 35.5. The van der Waals surface area contributed by atoms with Crippen LogP contribution in [0, 0.1) is 12.8 Å². The highest BCUT2D eigenvalue weighted by molar-refractivity contribution is 7.89. The van der Waals surface area contributed by atoms with Crippen molar-refractivity contribution in [3.63, 3.8) is 0 Å². The lowest BCUT2D eigenvalue weighted by Gasteiger charge is -2.33. The lowest BCUT2D eigenvalue weighted by atomic mass is 9.89. The molecule has 0 radical (unpaired) electrons. The molecule has 1 aromatic rings. The number of nitrogens with one attached hydrogen (secondary N) is 1. The van der Waals surface area contributed by atoms with E-state index in [-0.39, 0.29) is 17.4 Å². The lowest BCUT2D eigenvalue weighted by molar-refractivity contribution is 0.233. The first-order chi connectivity index (χ1) is 9.98. The van der Waals surface area contributed by atoms with Crippen LogP contribution in [0.1, 0.15) is 31.5 Å². The molecule has 1 atom stereocenters. The van der Waals surface area contributed by atoms with E-state index < -0.39 is 10.0 Å². The molecule has 3 rings (SSSR count). The largest absolute Gasteiger partial charge is 0.337 e. The minimum absolute atomic E-state index is 0. The summed E-state index contributed by atoms with van der Waals surface area (Å²) in [6.07, 6.45) is 5.98. The van der Waals surface area contributed by atoms with Crippen LogP contribution in [0.5, 0.6) is 0 Å². The van der Waals surface area contributed by atoms with E-state index in [9.17, 15) is 8.42 Å². The number of piperidine rings is 1. The van der Waals surface area contributed by atoms with Crippen molar-refractivity contribution in [1.29, 1.82) is 0 Å². The van der Waals surface area contributed by atoms with Gasteiger partial charge in [0.05, 0.1) is 0 Å². The molecule has 8 heteroatoms. The third-order valence-corrected chi connectivity index (χ3v) is 6.63. The summed E-state index contributed by atoms with van der Waals surface area (Å²) < 4.78 is 28.6. The van der Waals surface area contributed by atoms with Crippen LogP contribution in [0.3, 0.4) is 0 Å². The molecule has 0 aromatic carbocycles. The minimum Gasteiger partial charge on any atom is -0.337 e. The molecule has 2 saturated heterocycles. The molecule has 2 aliphatic rings. The van der Waals surface area contributed by atoms with E-state index >= 15 is 0 Å². The normalized spacial score (nSPS) is 24.4. The SMILES string of the molecule is Cc1nc(S(=O)(=O)N2CCC(C3CCCN3)CC2)cn1C.Cl. The van der Waals surface area contributed by atoms with Crippen molar-refractivity contribution >= 4 is 22.4 Å². The maximum atomic E-state index is 12.6. The second kappa shape index (κ2) is 6.86. The molecule has 0 bridgehead atoms. The molecule has 1 unspecified atom stereocenters. The monoisotopic (exact) mass is 348 g/mol. The molecule has 0 saturated carbocycles. The Labute approximate surface area is 138 Å². The summed E-state index contributed by atoms with van der Waals surface area (Å²) >= 11 is 0. The van der Waals surface area contributed by atoms with Crippen molar-refractivity contribution in [2.75, 3.05) is 19.6 Å². The van der Waals surface area contributed by atoms with E-state index in [2.05, 4.69) is 10.3 Å². The molecule has 6 nitrogen and oxygen atoms in total. The Morgan fingerprint density at radius 1 is 1.27 bits per heavy atom. The fourth-order valence-electron chi connectivity index (χ4n) is 3.42. The Balaban J connectivity index is 0.00000176. The van der Waals surface area contributed by atoms with E-state index in [1.165, 1.54) is 12.8 Å². The molecule has 2 aliphatic heterocycles. The van der Waals surface area contributed by atoms with Gasteiger partial charge < -0.3 is 9.88 Å². The summed E-state index contributed by atoms with van der Waals surface area (Å²) in [5.74, 6) is 1.34. The quantitative estimate of drug-likeness (QED) is 0.894. The second-order valence-corrected chi connectivity index (χ2v) is 8.07. The van der Waals surface area contributed by atoms with E-state index in [1.54, 1.807) is 15.1 Å². The Bertz CT molecular complexity index is 583.